The number of likely N-dealkylation sites (N-methyl/N-ethyl adjacent to an activating group) is 1. The van der Waals surface area contributed by atoms with Crippen LogP contribution in [0.4, 0.5) is 5.69 Å². The first-order chi connectivity index (χ1) is 11.7. The van der Waals surface area contributed by atoms with Crippen molar-refractivity contribution in [2.75, 3.05) is 32.2 Å². The van der Waals surface area contributed by atoms with E-state index in [-0.39, 0.29) is 6.04 Å². The molecule has 2 aromatic carbocycles. The molecular formula is C20H28N2O2. The molecule has 4 nitrogen and oxygen atoms in total. The summed E-state index contributed by atoms with van der Waals surface area (Å²) in [5.41, 5.74) is 8.30. The molecule has 0 fully saturated rings. The maximum absolute atomic E-state index is 6.12. The summed E-state index contributed by atoms with van der Waals surface area (Å²) in [5, 5.41) is 0. The number of anilines is 1. The van der Waals surface area contributed by atoms with Gasteiger partial charge in [0.1, 0.15) is 0 Å². The van der Waals surface area contributed by atoms with Crippen molar-refractivity contribution in [3.8, 4) is 11.5 Å². The second-order valence-electron chi connectivity index (χ2n) is 5.78. The van der Waals surface area contributed by atoms with Gasteiger partial charge in [0.2, 0.25) is 0 Å². The third-order valence-corrected chi connectivity index (χ3v) is 4.19. The Morgan fingerprint density at radius 1 is 1.08 bits per heavy atom. The van der Waals surface area contributed by atoms with Gasteiger partial charge >= 0.3 is 0 Å². The highest BCUT2D eigenvalue weighted by molar-refractivity contribution is 5.54. The Hall–Kier alpha value is -2.20. The molecule has 1 atom stereocenters. The SMILES string of the molecule is CCCCOc1c(OC)cccc1C(CN)N(C)c1ccccc1. The number of rotatable bonds is 9. The van der Waals surface area contributed by atoms with Crippen molar-refractivity contribution in [3.63, 3.8) is 0 Å². The molecule has 2 N–H and O–H groups in total. The Morgan fingerprint density at radius 2 is 1.83 bits per heavy atom. The maximum Gasteiger partial charge on any atom is 0.166 e. The lowest BCUT2D eigenvalue weighted by Crippen LogP contribution is -2.30. The van der Waals surface area contributed by atoms with Crippen LogP contribution in [0, 0.1) is 0 Å². The molecule has 24 heavy (non-hydrogen) atoms. The molecular weight excluding hydrogens is 300 g/mol. The summed E-state index contributed by atoms with van der Waals surface area (Å²) in [5.74, 6) is 1.55. The third kappa shape index (κ3) is 4.20. The Bertz CT molecular complexity index is 616. The lowest BCUT2D eigenvalue weighted by Gasteiger charge is -2.31. The average Bonchev–Trinajstić information content (AvgIpc) is 2.64. The van der Waals surface area contributed by atoms with Crippen molar-refractivity contribution in [3.05, 3.63) is 54.1 Å². The normalized spacial score (nSPS) is 11.8. The van der Waals surface area contributed by atoms with E-state index in [1.54, 1.807) is 7.11 Å². The molecule has 2 aromatic rings. The van der Waals surface area contributed by atoms with E-state index in [0.717, 1.165) is 35.6 Å². The minimum absolute atomic E-state index is 0.0131. The van der Waals surface area contributed by atoms with Gasteiger partial charge in [0.25, 0.3) is 0 Å². The van der Waals surface area contributed by atoms with E-state index in [1.165, 1.54) is 0 Å². The molecule has 0 saturated heterocycles. The zero-order valence-corrected chi connectivity index (χ0v) is 14.9. The van der Waals surface area contributed by atoms with Crippen molar-refractivity contribution >= 4 is 5.69 Å². The number of nitrogens with two attached hydrogens (primary N) is 1. The van der Waals surface area contributed by atoms with E-state index in [0.29, 0.717) is 13.2 Å². The van der Waals surface area contributed by atoms with Crippen molar-refractivity contribution in [2.24, 2.45) is 5.73 Å². The van der Waals surface area contributed by atoms with Gasteiger partial charge in [-0.25, -0.2) is 0 Å². The molecule has 0 aliphatic rings. The zero-order chi connectivity index (χ0) is 17.4. The molecule has 0 aromatic heterocycles. The fraction of sp³-hybridized carbons (Fsp3) is 0.400. The molecule has 4 heteroatoms. The van der Waals surface area contributed by atoms with Gasteiger partial charge in [-0.15, -0.1) is 0 Å². The van der Waals surface area contributed by atoms with Gasteiger partial charge < -0.3 is 20.1 Å². The summed E-state index contributed by atoms with van der Waals surface area (Å²) < 4.78 is 11.6. The minimum atomic E-state index is 0.0131. The fourth-order valence-electron chi connectivity index (χ4n) is 2.77. The van der Waals surface area contributed by atoms with E-state index < -0.39 is 0 Å². The predicted molar refractivity (Wildman–Crippen MR) is 100 cm³/mol. The number of hydrogen-bond donors (Lipinski definition) is 1. The van der Waals surface area contributed by atoms with Crippen LogP contribution < -0.4 is 20.1 Å². The molecule has 0 aliphatic carbocycles. The summed E-state index contributed by atoms with van der Waals surface area (Å²) in [6.07, 6.45) is 2.11. The van der Waals surface area contributed by atoms with Crippen LogP contribution in [0.25, 0.3) is 0 Å². The van der Waals surface area contributed by atoms with Gasteiger partial charge in [-0.3, -0.25) is 0 Å². The summed E-state index contributed by atoms with van der Waals surface area (Å²) in [6.45, 7) is 3.32. The topological polar surface area (TPSA) is 47.7 Å². The summed E-state index contributed by atoms with van der Waals surface area (Å²) in [4.78, 5) is 2.18. The van der Waals surface area contributed by atoms with Crippen molar-refractivity contribution < 1.29 is 9.47 Å². The molecule has 0 radical (unpaired) electrons. The van der Waals surface area contributed by atoms with Crippen LogP contribution in [0.15, 0.2) is 48.5 Å². The Morgan fingerprint density at radius 3 is 2.46 bits per heavy atom. The van der Waals surface area contributed by atoms with Crippen LogP contribution in [0.1, 0.15) is 31.4 Å². The lowest BCUT2D eigenvalue weighted by molar-refractivity contribution is 0.283. The first kappa shape index (κ1) is 18.1. The number of unbranched alkanes of at least 4 members (excludes halogenated alkanes) is 1. The van der Waals surface area contributed by atoms with Crippen molar-refractivity contribution in [1.82, 2.24) is 0 Å². The third-order valence-electron chi connectivity index (χ3n) is 4.19. The van der Waals surface area contributed by atoms with E-state index in [2.05, 4.69) is 37.1 Å². The molecule has 0 amide bonds. The quantitative estimate of drug-likeness (QED) is 0.707. The highest BCUT2D eigenvalue weighted by Crippen LogP contribution is 2.37. The average molecular weight is 328 g/mol. The zero-order valence-electron chi connectivity index (χ0n) is 14.9. The molecule has 0 heterocycles. The first-order valence-electron chi connectivity index (χ1n) is 8.50. The van der Waals surface area contributed by atoms with E-state index in [9.17, 15) is 0 Å². The van der Waals surface area contributed by atoms with Crippen LogP contribution in [-0.4, -0.2) is 27.3 Å². The Labute approximate surface area is 145 Å². The maximum atomic E-state index is 6.12. The van der Waals surface area contributed by atoms with Crippen LogP contribution in [-0.2, 0) is 0 Å². The van der Waals surface area contributed by atoms with Gasteiger partial charge in [0.15, 0.2) is 11.5 Å². The van der Waals surface area contributed by atoms with Crippen LogP contribution in [0.3, 0.4) is 0 Å². The molecule has 2 rings (SSSR count). The largest absolute Gasteiger partial charge is 0.493 e. The number of ether oxygens (including phenoxy) is 2. The summed E-state index contributed by atoms with van der Waals surface area (Å²) in [7, 11) is 3.73. The van der Waals surface area contributed by atoms with Gasteiger partial charge in [-0.1, -0.05) is 43.7 Å². The first-order valence-corrected chi connectivity index (χ1v) is 8.50. The Kier molecular flexibility index (Phi) is 6.94. The minimum Gasteiger partial charge on any atom is -0.493 e. The van der Waals surface area contributed by atoms with Gasteiger partial charge in [-0.05, 0) is 24.6 Å². The lowest BCUT2D eigenvalue weighted by atomic mass is 10.0. The number of nitrogens with zero attached hydrogens (tertiary/aromatic N) is 1. The van der Waals surface area contributed by atoms with Crippen molar-refractivity contribution in [2.45, 2.75) is 25.8 Å². The predicted octanol–water partition coefficient (Wildman–Crippen LogP) is 4.01. The molecule has 0 bridgehead atoms. The van der Waals surface area contributed by atoms with Crippen LogP contribution >= 0.6 is 0 Å². The number of methoxy groups -OCH3 is 1. The summed E-state index contributed by atoms with van der Waals surface area (Å²) >= 11 is 0. The smallest absolute Gasteiger partial charge is 0.166 e. The number of para-hydroxylation sites is 2. The second kappa shape index (κ2) is 9.18. The fourth-order valence-corrected chi connectivity index (χ4v) is 2.77. The monoisotopic (exact) mass is 328 g/mol. The molecule has 0 saturated carbocycles. The molecule has 130 valence electrons. The standard InChI is InChI=1S/C20H28N2O2/c1-4-5-14-24-20-17(12-9-13-19(20)23-3)18(15-21)22(2)16-10-7-6-8-11-16/h6-13,18H,4-5,14-15,21H2,1-3H3. The summed E-state index contributed by atoms with van der Waals surface area (Å²) in [6, 6.07) is 16.2. The van der Waals surface area contributed by atoms with E-state index in [4.69, 9.17) is 15.2 Å². The van der Waals surface area contributed by atoms with Gasteiger partial charge in [0, 0.05) is 24.8 Å². The van der Waals surface area contributed by atoms with Gasteiger partial charge in [0.05, 0.1) is 19.8 Å². The molecule has 0 aliphatic heterocycles. The van der Waals surface area contributed by atoms with Crippen molar-refractivity contribution in [1.29, 1.82) is 0 Å². The highest BCUT2D eigenvalue weighted by atomic mass is 16.5. The van der Waals surface area contributed by atoms with E-state index in [1.807, 2.05) is 30.3 Å². The highest BCUT2D eigenvalue weighted by Gasteiger charge is 2.22. The Balaban J connectivity index is 2.36. The van der Waals surface area contributed by atoms with E-state index >= 15 is 0 Å². The molecule has 1 unspecified atom stereocenters. The van der Waals surface area contributed by atoms with Gasteiger partial charge in [-0.2, -0.15) is 0 Å². The van der Waals surface area contributed by atoms with Crippen LogP contribution in [0.5, 0.6) is 11.5 Å². The molecule has 0 spiro atoms. The second-order valence-corrected chi connectivity index (χ2v) is 5.78. The number of hydrogen-bond acceptors (Lipinski definition) is 4. The van der Waals surface area contributed by atoms with Crippen LogP contribution in [0.2, 0.25) is 0 Å². The number of benzene rings is 2.